The van der Waals surface area contributed by atoms with Gasteiger partial charge in [-0.1, -0.05) is 25.2 Å². The van der Waals surface area contributed by atoms with Gasteiger partial charge in [-0.25, -0.2) is 4.98 Å². The number of nitrogens with two attached hydrogens (primary N) is 1. The second-order valence-electron chi connectivity index (χ2n) is 4.02. The molecule has 1 aromatic heterocycles. The van der Waals surface area contributed by atoms with E-state index in [-0.39, 0.29) is 5.91 Å². The van der Waals surface area contributed by atoms with Gasteiger partial charge in [0.25, 0.3) is 5.91 Å². The van der Waals surface area contributed by atoms with E-state index in [4.69, 9.17) is 5.73 Å². The molecule has 0 atom stereocenters. The van der Waals surface area contributed by atoms with E-state index < -0.39 is 0 Å². The van der Waals surface area contributed by atoms with E-state index >= 15 is 0 Å². The summed E-state index contributed by atoms with van der Waals surface area (Å²) in [5.41, 5.74) is 6.51. The molecule has 96 valence electrons. The fourth-order valence-corrected chi connectivity index (χ4v) is 1.44. The summed E-state index contributed by atoms with van der Waals surface area (Å²) >= 11 is 0. The number of rotatable bonds is 4. The molecule has 0 bridgehead atoms. The smallest absolute Gasteiger partial charge is 0.272 e. The molecule has 0 aliphatic heterocycles. The predicted molar refractivity (Wildman–Crippen MR) is 72.0 cm³/mol. The van der Waals surface area contributed by atoms with Crippen molar-refractivity contribution in [2.45, 2.75) is 19.8 Å². The number of nitrogens with zero attached hydrogens (tertiary/aromatic N) is 2. The summed E-state index contributed by atoms with van der Waals surface area (Å²) in [4.78, 5) is 17.8. The minimum absolute atomic E-state index is 0.0539. The largest absolute Gasteiger partial charge is 0.340 e. The predicted octanol–water partition coefficient (Wildman–Crippen LogP) is 1.26. The molecular formula is C14H19N3O. The maximum atomic E-state index is 12.0. The van der Waals surface area contributed by atoms with Crippen LogP contribution < -0.4 is 5.73 Å². The summed E-state index contributed by atoms with van der Waals surface area (Å²) in [6.45, 7) is 3.17. The van der Waals surface area contributed by atoms with Crippen molar-refractivity contribution in [3.05, 3.63) is 29.6 Å². The minimum Gasteiger partial charge on any atom is -0.340 e. The van der Waals surface area contributed by atoms with Gasteiger partial charge in [0.2, 0.25) is 0 Å². The zero-order chi connectivity index (χ0) is 13.4. The molecule has 0 spiro atoms. The first-order chi connectivity index (χ1) is 8.69. The molecule has 4 nitrogen and oxygen atoms in total. The molecule has 1 aromatic rings. The van der Waals surface area contributed by atoms with Gasteiger partial charge in [-0.3, -0.25) is 4.79 Å². The first-order valence-electron chi connectivity index (χ1n) is 6.09. The fourth-order valence-electron chi connectivity index (χ4n) is 1.44. The Morgan fingerprint density at radius 2 is 2.28 bits per heavy atom. The normalized spacial score (nSPS) is 9.50. The Hall–Kier alpha value is -1.86. The van der Waals surface area contributed by atoms with E-state index in [1.165, 1.54) is 0 Å². The maximum absolute atomic E-state index is 12.0. The summed E-state index contributed by atoms with van der Waals surface area (Å²) < 4.78 is 0. The highest BCUT2D eigenvalue weighted by Crippen LogP contribution is 2.03. The van der Waals surface area contributed by atoms with Gasteiger partial charge in [0.05, 0.1) is 6.54 Å². The zero-order valence-electron chi connectivity index (χ0n) is 10.9. The fraction of sp³-hybridized carbons (Fsp3) is 0.429. The molecule has 1 heterocycles. The number of carbonyl (C=O) groups is 1. The van der Waals surface area contributed by atoms with E-state index in [9.17, 15) is 4.79 Å². The van der Waals surface area contributed by atoms with Gasteiger partial charge in [0.15, 0.2) is 0 Å². The van der Waals surface area contributed by atoms with Crippen LogP contribution in [0.2, 0.25) is 0 Å². The number of pyridine rings is 1. The van der Waals surface area contributed by atoms with E-state index in [2.05, 4.69) is 23.7 Å². The van der Waals surface area contributed by atoms with Gasteiger partial charge >= 0.3 is 0 Å². The zero-order valence-corrected chi connectivity index (χ0v) is 10.9. The molecule has 0 radical (unpaired) electrons. The molecule has 4 heteroatoms. The van der Waals surface area contributed by atoms with Crippen molar-refractivity contribution in [1.29, 1.82) is 0 Å². The highest BCUT2D eigenvalue weighted by atomic mass is 16.2. The first-order valence-corrected chi connectivity index (χ1v) is 6.09. The van der Waals surface area contributed by atoms with Crippen molar-refractivity contribution in [3.8, 4) is 11.8 Å². The van der Waals surface area contributed by atoms with Gasteiger partial charge in [0, 0.05) is 25.4 Å². The SMILES string of the molecule is CCCCN(C)C(=O)c1ccc(C#CCN)cn1. The van der Waals surface area contributed by atoms with E-state index in [0.29, 0.717) is 12.2 Å². The third-order valence-electron chi connectivity index (χ3n) is 2.51. The molecule has 18 heavy (non-hydrogen) atoms. The van der Waals surface area contributed by atoms with Crippen molar-refractivity contribution in [3.63, 3.8) is 0 Å². The lowest BCUT2D eigenvalue weighted by Crippen LogP contribution is -2.28. The Morgan fingerprint density at radius 1 is 1.50 bits per heavy atom. The Bertz CT molecular complexity index is 442. The van der Waals surface area contributed by atoms with Crippen LogP contribution in [0.25, 0.3) is 0 Å². The Morgan fingerprint density at radius 3 is 2.83 bits per heavy atom. The first kappa shape index (κ1) is 14.2. The molecule has 1 rings (SSSR count). The summed E-state index contributed by atoms with van der Waals surface area (Å²) in [5, 5.41) is 0. The Kier molecular flexibility index (Phi) is 5.89. The molecule has 0 aromatic carbocycles. The highest BCUT2D eigenvalue weighted by molar-refractivity contribution is 5.92. The van der Waals surface area contributed by atoms with Crippen LogP contribution in [0.1, 0.15) is 35.8 Å². The molecule has 0 aliphatic rings. The van der Waals surface area contributed by atoms with E-state index in [1.807, 2.05) is 0 Å². The average molecular weight is 245 g/mol. The third-order valence-corrected chi connectivity index (χ3v) is 2.51. The number of carbonyl (C=O) groups excluding carboxylic acids is 1. The van der Waals surface area contributed by atoms with Gasteiger partial charge < -0.3 is 10.6 Å². The van der Waals surface area contributed by atoms with Crippen molar-refractivity contribution < 1.29 is 4.79 Å². The Labute approximate surface area is 108 Å². The summed E-state index contributed by atoms with van der Waals surface area (Å²) in [6.07, 6.45) is 3.67. The van der Waals surface area contributed by atoms with Crippen LogP contribution in [0.5, 0.6) is 0 Å². The lowest BCUT2D eigenvalue weighted by Gasteiger charge is -2.15. The van der Waals surface area contributed by atoms with Crippen LogP contribution in [0, 0.1) is 11.8 Å². The number of unbranched alkanes of at least 4 members (excludes halogenated alkanes) is 1. The topological polar surface area (TPSA) is 59.2 Å². The van der Waals surface area contributed by atoms with E-state index in [0.717, 1.165) is 24.9 Å². The molecule has 0 saturated heterocycles. The van der Waals surface area contributed by atoms with Crippen LogP contribution >= 0.6 is 0 Å². The minimum atomic E-state index is -0.0539. The van der Waals surface area contributed by atoms with Gasteiger partial charge in [-0.05, 0) is 18.6 Å². The summed E-state index contributed by atoms with van der Waals surface area (Å²) in [6, 6.07) is 3.49. The van der Waals surface area contributed by atoms with Crippen molar-refractivity contribution in [2.75, 3.05) is 20.1 Å². The Balaban J connectivity index is 2.69. The third kappa shape index (κ3) is 4.19. The second kappa shape index (κ2) is 7.46. The van der Waals surface area contributed by atoms with Gasteiger partial charge in [-0.15, -0.1) is 0 Å². The molecule has 0 unspecified atom stereocenters. The standard InChI is InChI=1S/C14H19N3O/c1-3-4-10-17(2)14(18)13-8-7-12(11-16-13)6-5-9-15/h7-8,11H,3-4,9-10,15H2,1-2H3. The van der Waals surface area contributed by atoms with Crippen LogP contribution in [0.4, 0.5) is 0 Å². The van der Waals surface area contributed by atoms with Crippen LogP contribution in [0.15, 0.2) is 18.3 Å². The monoisotopic (exact) mass is 245 g/mol. The summed E-state index contributed by atoms with van der Waals surface area (Å²) in [5.74, 6) is 5.56. The van der Waals surface area contributed by atoms with Gasteiger partial charge in [-0.2, -0.15) is 0 Å². The maximum Gasteiger partial charge on any atom is 0.272 e. The van der Waals surface area contributed by atoms with Gasteiger partial charge in [0.1, 0.15) is 5.69 Å². The van der Waals surface area contributed by atoms with Crippen molar-refractivity contribution in [2.24, 2.45) is 5.73 Å². The number of aromatic nitrogens is 1. The number of amides is 1. The second-order valence-corrected chi connectivity index (χ2v) is 4.02. The molecule has 0 aliphatic carbocycles. The van der Waals surface area contributed by atoms with Crippen molar-refractivity contribution in [1.82, 2.24) is 9.88 Å². The lowest BCUT2D eigenvalue weighted by molar-refractivity contribution is 0.0787. The molecule has 2 N–H and O–H groups in total. The van der Waals surface area contributed by atoms with Crippen molar-refractivity contribution >= 4 is 5.91 Å². The number of hydrogen-bond acceptors (Lipinski definition) is 3. The number of hydrogen-bond donors (Lipinski definition) is 1. The van der Waals surface area contributed by atoms with E-state index in [1.54, 1.807) is 30.3 Å². The molecule has 1 amide bonds. The van der Waals surface area contributed by atoms with Crippen LogP contribution in [-0.2, 0) is 0 Å². The quantitative estimate of drug-likeness (QED) is 0.812. The molecular weight excluding hydrogens is 226 g/mol. The average Bonchev–Trinajstić information content (AvgIpc) is 2.42. The molecule has 0 saturated carbocycles. The van der Waals surface area contributed by atoms with Crippen LogP contribution in [-0.4, -0.2) is 35.9 Å². The highest BCUT2D eigenvalue weighted by Gasteiger charge is 2.11. The lowest BCUT2D eigenvalue weighted by atomic mass is 10.2. The summed E-state index contributed by atoms with van der Waals surface area (Å²) in [7, 11) is 1.79. The van der Waals surface area contributed by atoms with Crippen LogP contribution in [0.3, 0.4) is 0 Å². The molecule has 0 fully saturated rings.